The molecular weight excluding hydrogens is 406 g/mol. The van der Waals surface area contributed by atoms with Crippen LogP contribution in [0.2, 0.25) is 0 Å². The Balaban J connectivity index is 3.01. The molecule has 0 aliphatic rings. The van der Waals surface area contributed by atoms with E-state index in [1.165, 1.54) is 44.9 Å². The molecule has 0 aromatic carbocycles. The number of hydrogen-bond donors (Lipinski definition) is 4. The van der Waals surface area contributed by atoms with Crippen LogP contribution in [0.25, 0.3) is 0 Å². The number of aliphatic carboxylic acids is 1. The Labute approximate surface area is 196 Å². The van der Waals surface area contributed by atoms with Gasteiger partial charge in [0, 0.05) is 26.0 Å². The molecule has 7 heteroatoms. The van der Waals surface area contributed by atoms with Gasteiger partial charge in [-0.15, -0.1) is 0 Å². The number of carboxylic acid groups (broad SMARTS) is 1. The van der Waals surface area contributed by atoms with E-state index in [0.29, 0.717) is 12.8 Å². The first kappa shape index (κ1) is 31.0. The Bertz CT molecular complexity index is 397. The predicted octanol–water partition coefficient (Wildman–Crippen LogP) is 3.91. The van der Waals surface area contributed by atoms with Crippen molar-refractivity contribution in [3.8, 4) is 0 Å². The van der Waals surface area contributed by atoms with Crippen molar-refractivity contribution in [2.45, 2.75) is 96.3 Å². The zero-order valence-electron chi connectivity index (χ0n) is 20.5. The third-order valence-electron chi connectivity index (χ3n) is 5.44. The quantitative estimate of drug-likeness (QED) is 0.104. The minimum absolute atomic E-state index is 0.320. The molecule has 0 aliphatic heterocycles. The van der Waals surface area contributed by atoms with Crippen LogP contribution in [0.3, 0.4) is 0 Å². The zero-order chi connectivity index (χ0) is 23.4. The molecule has 0 aromatic rings. The van der Waals surface area contributed by atoms with Crippen LogP contribution in [0.4, 0.5) is 0 Å². The SMILES string of the molecule is O=CCCCCNCCCNCCCOCCNCCCCCCCCCCCC(=O)O. The lowest BCUT2D eigenvalue weighted by atomic mass is 10.1. The summed E-state index contributed by atoms with van der Waals surface area (Å²) >= 11 is 0. The summed E-state index contributed by atoms with van der Waals surface area (Å²) in [7, 11) is 0. The molecular formula is C25H51N3O4. The summed E-state index contributed by atoms with van der Waals surface area (Å²) in [6, 6.07) is 0. The van der Waals surface area contributed by atoms with Gasteiger partial charge < -0.3 is 30.6 Å². The van der Waals surface area contributed by atoms with Crippen molar-refractivity contribution in [2.24, 2.45) is 0 Å². The molecule has 0 amide bonds. The summed E-state index contributed by atoms with van der Waals surface area (Å²) in [4.78, 5) is 20.6. The second kappa shape index (κ2) is 28.0. The maximum absolute atomic E-state index is 10.4. The van der Waals surface area contributed by atoms with Crippen LogP contribution in [-0.4, -0.2) is 69.8 Å². The Kier molecular flexibility index (Phi) is 27.1. The van der Waals surface area contributed by atoms with Crippen LogP contribution >= 0.6 is 0 Å². The van der Waals surface area contributed by atoms with Crippen LogP contribution < -0.4 is 16.0 Å². The van der Waals surface area contributed by atoms with Crippen molar-refractivity contribution in [3.05, 3.63) is 0 Å². The van der Waals surface area contributed by atoms with Gasteiger partial charge in [-0.1, -0.05) is 44.9 Å². The van der Waals surface area contributed by atoms with Crippen molar-refractivity contribution in [2.75, 3.05) is 52.5 Å². The number of carboxylic acids is 1. The van der Waals surface area contributed by atoms with Gasteiger partial charge >= 0.3 is 5.97 Å². The minimum Gasteiger partial charge on any atom is -0.481 e. The first-order valence-corrected chi connectivity index (χ1v) is 13.1. The van der Waals surface area contributed by atoms with Gasteiger partial charge in [-0.05, 0) is 71.2 Å². The standard InChI is InChI=1S/C25H51N3O4/c29-22-12-8-11-16-26-18-13-19-27-20-14-23-32-24-21-28-17-10-7-5-3-1-2-4-6-9-15-25(30)31/h22,26-28H,1-21,23-24H2,(H,30,31). The molecule has 190 valence electrons. The third-order valence-corrected chi connectivity index (χ3v) is 5.44. The van der Waals surface area contributed by atoms with E-state index in [0.717, 1.165) is 97.3 Å². The highest BCUT2D eigenvalue weighted by molar-refractivity contribution is 5.66. The molecule has 0 unspecified atom stereocenters. The molecule has 0 aliphatic carbocycles. The lowest BCUT2D eigenvalue weighted by Crippen LogP contribution is -2.24. The fraction of sp³-hybridized carbons (Fsp3) is 0.920. The number of ether oxygens (including phenoxy) is 1. The number of carbonyl (C=O) groups excluding carboxylic acids is 1. The zero-order valence-corrected chi connectivity index (χ0v) is 20.5. The first-order valence-electron chi connectivity index (χ1n) is 13.1. The van der Waals surface area contributed by atoms with Gasteiger partial charge in [-0.3, -0.25) is 4.79 Å². The average molecular weight is 458 g/mol. The van der Waals surface area contributed by atoms with Gasteiger partial charge in [0.1, 0.15) is 6.29 Å². The molecule has 0 fully saturated rings. The molecule has 0 spiro atoms. The van der Waals surface area contributed by atoms with E-state index < -0.39 is 5.97 Å². The van der Waals surface area contributed by atoms with Crippen LogP contribution in [0, 0.1) is 0 Å². The summed E-state index contributed by atoms with van der Waals surface area (Å²) in [6.07, 6.45) is 17.0. The lowest BCUT2D eigenvalue weighted by Gasteiger charge is -2.08. The van der Waals surface area contributed by atoms with Gasteiger partial charge in [0.25, 0.3) is 0 Å². The summed E-state index contributed by atoms with van der Waals surface area (Å²) in [5.41, 5.74) is 0. The molecule has 0 bridgehead atoms. The van der Waals surface area contributed by atoms with E-state index >= 15 is 0 Å². The van der Waals surface area contributed by atoms with E-state index in [-0.39, 0.29) is 0 Å². The van der Waals surface area contributed by atoms with Crippen LogP contribution in [0.15, 0.2) is 0 Å². The van der Waals surface area contributed by atoms with Crippen molar-refractivity contribution in [1.82, 2.24) is 16.0 Å². The number of unbranched alkanes of at least 4 members (excludes halogenated alkanes) is 10. The second-order valence-corrected chi connectivity index (χ2v) is 8.56. The summed E-state index contributed by atoms with van der Waals surface area (Å²) in [5, 5.41) is 18.9. The molecule has 4 N–H and O–H groups in total. The van der Waals surface area contributed by atoms with Gasteiger partial charge in [0.05, 0.1) is 6.61 Å². The monoisotopic (exact) mass is 457 g/mol. The number of aldehydes is 1. The Morgan fingerprint density at radius 2 is 1.09 bits per heavy atom. The van der Waals surface area contributed by atoms with E-state index in [1.807, 2.05) is 0 Å². The van der Waals surface area contributed by atoms with Crippen LogP contribution in [-0.2, 0) is 14.3 Å². The van der Waals surface area contributed by atoms with Crippen molar-refractivity contribution in [1.29, 1.82) is 0 Å². The lowest BCUT2D eigenvalue weighted by molar-refractivity contribution is -0.137. The number of carbonyl (C=O) groups is 2. The van der Waals surface area contributed by atoms with Gasteiger partial charge in [-0.2, -0.15) is 0 Å². The highest BCUT2D eigenvalue weighted by atomic mass is 16.5. The fourth-order valence-corrected chi connectivity index (χ4v) is 3.50. The molecule has 0 saturated carbocycles. The molecule has 0 heterocycles. The van der Waals surface area contributed by atoms with E-state index in [9.17, 15) is 9.59 Å². The maximum atomic E-state index is 10.4. The normalized spacial score (nSPS) is 11.1. The fourth-order valence-electron chi connectivity index (χ4n) is 3.50. The largest absolute Gasteiger partial charge is 0.481 e. The minimum atomic E-state index is -0.673. The van der Waals surface area contributed by atoms with Crippen molar-refractivity contribution >= 4 is 12.3 Å². The van der Waals surface area contributed by atoms with E-state index in [2.05, 4.69) is 16.0 Å². The predicted molar refractivity (Wildman–Crippen MR) is 132 cm³/mol. The Hall–Kier alpha value is -1.02. The highest BCUT2D eigenvalue weighted by Gasteiger charge is 1.97. The third kappa shape index (κ3) is 29.0. The highest BCUT2D eigenvalue weighted by Crippen LogP contribution is 2.10. The van der Waals surface area contributed by atoms with E-state index in [1.54, 1.807) is 0 Å². The Morgan fingerprint density at radius 1 is 0.594 bits per heavy atom. The van der Waals surface area contributed by atoms with Crippen molar-refractivity contribution in [3.63, 3.8) is 0 Å². The second-order valence-electron chi connectivity index (χ2n) is 8.56. The molecule has 0 rings (SSSR count). The number of rotatable bonds is 28. The molecule has 0 aromatic heterocycles. The smallest absolute Gasteiger partial charge is 0.303 e. The van der Waals surface area contributed by atoms with Gasteiger partial charge in [0.15, 0.2) is 0 Å². The topological polar surface area (TPSA) is 99.7 Å². The van der Waals surface area contributed by atoms with Crippen molar-refractivity contribution < 1.29 is 19.4 Å². The number of nitrogens with one attached hydrogen (secondary N) is 3. The number of hydrogen-bond acceptors (Lipinski definition) is 6. The molecule has 7 nitrogen and oxygen atoms in total. The van der Waals surface area contributed by atoms with Crippen LogP contribution in [0.1, 0.15) is 96.3 Å². The average Bonchev–Trinajstić information content (AvgIpc) is 2.78. The maximum Gasteiger partial charge on any atom is 0.303 e. The van der Waals surface area contributed by atoms with Crippen LogP contribution in [0.5, 0.6) is 0 Å². The molecule has 0 atom stereocenters. The molecule has 0 saturated heterocycles. The molecule has 32 heavy (non-hydrogen) atoms. The van der Waals surface area contributed by atoms with Gasteiger partial charge in [-0.25, -0.2) is 0 Å². The van der Waals surface area contributed by atoms with E-state index in [4.69, 9.17) is 9.84 Å². The Morgan fingerprint density at radius 3 is 1.72 bits per heavy atom. The summed E-state index contributed by atoms with van der Waals surface area (Å²) in [6.45, 7) is 7.70. The summed E-state index contributed by atoms with van der Waals surface area (Å²) < 4.78 is 5.67. The molecule has 0 radical (unpaired) electrons. The van der Waals surface area contributed by atoms with Gasteiger partial charge in [0.2, 0.25) is 0 Å². The first-order chi connectivity index (χ1) is 15.8. The summed E-state index contributed by atoms with van der Waals surface area (Å²) in [5.74, 6) is -0.673.